The van der Waals surface area contributed by atoms with Crippen molar-refractivity contribution >= 4 is 33.3 Å². The number of anilines is 1. The molecule has 0 aliphatic carbocycles. The quantitative estimate of drug-likeness (QED) is 0.388. The van der Waals surface area contributed by atoms with Crippen molar-refractivity contribution < 1.29 is 4.79 Å². The lowest BCUT2D eigenvalue weighted by Crippen LogP contribution is -2.31. The zero-order valence-corrected chi connectivity index (χ0v) is 19.7. The molecule has 0 saturated heterocycles. The van der Waals surface area contributed by atoms with Gasteiger partial charge < -0.3 is 16.0 Å². The monoisotopic (exact) mass is 460 g/mol. The molecule has 1 aromatic carbocycles. The van der Waals surface area contributed by atoms with Gasteiger partial charge in [0.05, 0.1) is 10.3 Å². The lowest BCUT2D eigenvalue weighted by atomic mass is 10.1. The van der Waals surface area contributed by atoms with Crippen LogP contribution in [0.3, 0.4) is 0 Å². The first-order chi connectivity index (χ1) is 16.1. The van der Waals surface area contributed by atoms with Gasteiger partial charge in [-0.2, -0.15) is 0 Å². The van der Waals surface area contributed by atoms with Crippen molar-refractivity contribution in [2.75, 3.05) is 25.0 Å². The van der Waals surface area contributed by atoms with Gasteiger partial charge in [0.25, 0.3) is 5.91 Å². The molecular weight excluding hydrogens is 432 g/mol. The predicted octanol–water partition coefficient (Wildman–Crippen LogP) is 4.22. The maximum atomic E-state index is 13.1. The van der Waals surface area contributed by atoms with Gasteiger partial charge in [0.2, 0.25) is 0 Å². The van der Waals surface area contributed by atoms with Gasteiger partial charge >= 0.3 is 0 Å². The van der Waals surface area contributed by atoms with Crippen LogP contribution in [0.15, 0.2) is 60.2 Å². The van der Waals surface area contributed by atoms with Gasteiger partial charge in [0.15, 0.2) is 5.82 Å². The van der Waals surface area contributed by atoms with Crippen LogP contribution in [0.5, 0.6) is 0 Å². The van der Waals surface area contributed by atoms with E-state index < -0.39 is 0 Å². The highest BCUT2D eigenvalue weighted by molar-refractivity contribution is 7.18. The van der Waals surface area contributed by atoms with Crippen molar-refractivity contribution in [3.05, 3.63) is 71.4 Å². The van der Waals surface area contributed by atoms with Crippen LogP contribution in [-0.4, -0.2) is 51.4 Å². The molecule has 0 spiro atoms. The molecule has 0 unspecified atom stereocenters. The van der Waals surface area contributed by atoms with E-state index in [-0.39, 0.29) is 11.9 Å². The molecule has 3 N–H and O–H groups in total. The van der Waals surface area contributed by atoms with E-state index in [0.717, 1.165) is 16.7 Å². The molecular formula is C25H28N6OS. The molecule has 4 aromatic rings. The number of nitrogens with zero attached hydrogens (tertiary/aromatic N) is 4. The van der Waals surface area contributed by atoms with Crippen molar-refractivity contribution in [2.24, 2.45) is 5.73 Å². The van der Waals surface area contributed by atoms with E-state index in [2.05, 4.69) is 22.4 Å². The zero-order valence-electron chi connectivity index (χ0n) is 18.9. The molecule has 170 valence electrons. The Kier molecular flexibility index (Phi) is 7.26. The molecule has 0 saturated carbocycles. The molecule has 3 aromatic heterocycles. The normalized spacial score (nSPS) is 12.0. The van der Waals surface area contributed by atoms with Crippen molar-refractivity contribution in [2.45, 2.75) is 26.3 Å². The van der Waals surface area contributed by atoms with Crippen LogP contribution in [0.1, 0.15) is 29.8 Å². The van der Waals surface area contributed by atoms with Gasteiger partial charge in [-0.15, -0.1) is 11.3 Å². The van der Waals surface area contributed by atoms with Crippen LogP contribution in [0.4, 0.5) is 5.82 Å². The van der Waals surface area contributed by atoms with E-state index in [1.165, 1.54) is 16.9 Å². The van der Waals surface area contributed by atoms with Gasteiger partial charge in [-0.1, -0.05) is 30.3 Å². The summed E-state index contributed by atoms with van der Waals surface area (Å²) in [4.78, 5) is 28.6. The fraction of sp³-hybridized carbons (Fsp3) is 0.280. The number of thiophene rings is 1. The minimum absolute atomic E-state index is 0.0163. The highest BCUT2D eigenvalue weighted by atomic mass is 32.1. The number of hydrogen-bond acceptors (Lipinski definition) is 7. The number of nitrogens with one attached hydrogen (secondary N) is 1. The van der Waals surface area contributed by atoms with Crippen LogP contribution in [0.25, 0.3) is 21.6 Å². The summed E-state index contributed by atoms with van der Waals surface area (Å²) in [6.45, 7) is 5.81. The lowest BCUT2D eigenvalue weighted by Gasteiger charge is -2.18. The summed E-state index contributed by atoms with van der Waals surface area (Å²) in [5.74, 6) is 1.23. The minimum Gasteiger partial charge on any atom is -0.367 e. The number of fused-ring (bicyclic) bond motifs is 1. The van der Waals surface area contributed by atoms with E-state index in [1.807, 2.05) is 49.6 Å². The fourth-order valence-corrected chi connectivity index (χ4v) is 4.66. The molecule has 0 aliphatic heterocycles. The molecule has 1 atom stereocenters. The average molecular weight is 461 g/mol. The second-order valence-corrected chi connectivity index (χ2v) is 8.65. The molecule has 0 bridgehead atoms. The summed E-state index contributed by atoms with van der Waals surface area (Å²) in [6.07, 6.45) is 4.18. The first-order valence-electron chi connectivity index (χ1n) is 11.1. The van der Waals surface area contributed by atoms with Crippen molar-refractivity contribution in [3.63, 3.8) is 0 Å². The predicted molar refractivity (Wildman–Crippen MR) is 135 cm³/mol. The molecule has 0 fully saturated rings. The number of pyridine rings is 1. The van der Waals surface area contributed by atoms with E-state index in [1.54, 1.807) is 17.3 Å². The third kappa shape index (κ3) is 5.18. The minimum atomic E-state index is -0.0847. The Hall–Kier alpha value is -3.36. The largest absolute Gasteiger partial charge is 0.367 e. The van der Waals surface area contributed by atoms with E-state index >= 15 is 0 Å². The smallest absolute Gasteiger partial charge is 0.256 e. The second-order valence-electron chi connectivity index (χ2n) is 7.77. The summed E-state index contributed by atoms with van der Waals surface area (Å²) < 4.78 is 0.857. The highest BCUT2D eigenvalue weighted by Gasteiger charge is 2.22. The number of benzene rings is 1. The van der Waals surface area contributed by atoms with Gasteiger partial charge in [0, 0.05) is 49.0 Å². The van der Waals surface area contributed by atoms with Gasteiger partial charge in [-0.25, -0.2) is 9.97 Å². The van der Waals surface area contributed by atoms with Crippen LogP contribution in [-0.2, 0) is 6.42 Å². The molecule has 0 aliphatic rings. The summed E-state index contributed by atoms with van der Waals surface area (Å²) in [6, 6.07) is 13.8. The zero-order chi connectivity index (χ0) is 23.2. The fourth-order valence-electron chi connectivity index (χ4n) is 3.72. The van der Waals surface area contributed by atoms with Crippen LogP contribution >= 0.6 is 11.3 Å². The number of hydrogen-bond donors (Lipinski definition) is 2. The summed E-state index contributed by atoms with van der Waals surface area (Å²) in [5, 5.41) is 5.30. The molecule has 8 heteroatoms. The van der Waals surface area contributed by atoms with Crippen molar-refractivity contribution in [1.82, 2.24) is 19.9 Å². The Balaban J connectivity index is 1.68. The average Bonchev–Trinajstić information content (AvgIpc) is 3.28. The lowest BCUT2D eigenvalue weighted by molar-refractivity contribution is 0.0775. The Bertz CT molecular complexity index is 1210. The SMILES string of the molecule is CCN(CC)C(=O)c1csc2c(NC[C@@H](N)Cc3ccccc3)nc(-c3ccncc3)nc12. The standard InChI is InChI=1S/C25H28N6OS/c1-3-31(4-2)25(32)20-16-33-22-21(20)29-23(18-10-12-27-13-11-18)30-24(22)28-15-19(26)14-17-8-6-5-7-9-17/h5-13,16,19H,3-4,14-15,26H2,1-2H3,(H,28,29,30)/t19-/m0/s1. The molecule has 4 rings (SSSR count). The Labute approximate surface area is 197 Å². The third-order valence-electron chi connectivity index (χ3n) is 5.51. The molecule has 33 heavy (non-hydrogen) atoms. The van der Waals surface area contributed by atoms with E-state index in [4.69, 9.17) is 15.7 Å². The molecule has 3 heterocycles. The Morgan fingerprint density at radius 2 is 1.82 bits per heavy atom. The Morgan fingerprint density at radius 1 is 1.09 bits per heavy atom. The first kappa shape index (κ1) is 22.8. The van der Waals surface area contributed by atoms with Crippen LogP contribution < -0.4 is 11.1 Å². The highest BCUT2D eigenvalue weighted by Crippen LogP contribution is 2.33. The summed E-state index contributed by atoms with van der Waals surface area (Å²) in [5.41, 5.74) is 9.71. The van der Waals surface area contributed by atoms with Gasteiger partial charge in [-0.05, 0) is 38.0 Å². The van der Waals surface area contributed by atoms with Gasteiger partial charge in [-0.3, -0.25) is 9.78 Å². The number of nitrogens with two attached hydrogens (primary N) is 1. The number of rotatable bonds is 9. The Morgan fingerprint density at radius 3 is 2.52 bits per heavy atom. The first-order valence-corrected chi connectivity index (χ1v) is 12.0. The molecule has 7 nitrogen and oxygen atoms in total. The number of carbonyl (C=O) groups is 1. The van der Waals surface area contributed by atoms with E-state index in [9.17, 15) is 4.79 Å². The van der Waals surface area contributed by atoms with Crippen molar-refractivity contribution in [3.8, 4) is 11.4 Å². The van der Waals surface area contributed by atoms with Crippen molar-refractivity contribution in [1.29, 1.82) is 0 Å². The maximum absolute atomic E-state index is 13.1. The topological polar surface area (TPSA) is 97.0 Å². The van der Waals surface area contributed by atoms with Gasteiger partial charge in [0.1, 0.15) is 11.3 Å². The number of carbonyl (C=O) groups excluding carboxylic acids is 1. The maximum Gasteiger partial charge on any atom is 0.256 e. The molecule has 0 radical (unpaired) electrons. The number of aromatic nitrogens is 3. The summed E-state index contributed by atoms with van der Waals surface area (Å²) in [7, 11) is 0. The third-order valence-corrected chi connectivity index (χ3v) is 6.48. The number of amides is 1. The van der Waals surface area contributed by atoms with Crippen LogP contribution in [0, 0.1) is 0 Å². The van der Waals surface area contributed by atoms with Crippen LogP contribution in [0.2, 0.25) is 0 Å². The summed E-state index contributed by atoms with van der Waals surface area (Å²) >= 11 is 1.48. The van der Waals surface area contributed by atoms with E-state index in [0.29, 0.717) is 42.4 Å². The molecule has 1 amide bonds. The second kappa shape index (κ2) is 10.5.